The highest BCUT2D eigenvalue weighted by Gasteiger charge is 2.28. The summed E-state index contributed by atoms with van der Waals surface area (Å²) in [4.78, 5) is 0. The highest BCUT2D eigenvalue weighted by molar-refractivity contribution is 6.18. The van der Waals surface area contributed by atoms with Gasteiger partial charge in [-0.3, -0.25) is 0 Å². The number of rotatable bonds is 2. The predicted octanol–water partition coefficient (Wildman–Crippen LogP) is 2.40. The maximum atomic E-state index is 5.64. The molecule has 2 nitrogen and oxygen atoms in total. The molecule has 0 aromatic heterocycles. The van der Waals surface area contributed by atoms with E-state index >= 15 is 0 Å². The minimum atomic E-state index is -0.0475. The first-order valence-corrected chi connectivity index (χ1v) is 4.88. The standard InChI is InChI=1S/C9H17ClO2/c1-9(2,3)4-8-11-6-7(5-10)12-8/h7-8H,4-6H2,1-3H3. The third-order valence-electron chi connectivity index (χ3n) is 1.76. The topological polar surface area (TPSA) is 18.5 Å². The Bertz CT molecular complexity index is 142. The lowest BCUT2D eigenvalue weighted by Crippen LogP contribution is -2.19. The van der Waals surface area contributed by atoms with Crippen molar-refractivity contribution in [2.24, 2.45) is 5.41 Å². The molecule has 2 atom stereocenters. The molecule has 1 saturated heterocycles. The summed E-state index contributed by atoms with van der Waals surface area (Å²) in [5.41, 5.74) is 0.256. The fourth-order valence-corrected chi connectivity index (χ4v) is 1.36. The molecule has 1 heterocycles. The van der Waals surface area contributed by atoms with E-state index < -0.39 is 0 Å². The molecule has 72 valence electrons. The van der Waals surface area contributed by atoms with Crippen molar-refractivity contribution >= 4 is 11.6 Å². The van der Waals surface area contributed by atoms with Gasteiger partial charge in [-0.25, -0.2) is 0 Å². The van der Waals surface area contributed by atoms with Crippen molar-refractivity contribution in [3.05, 3.63) is 0 Å². The van der Waals surface area contributed by atoms with Crippen LogP contribution in [0.15, 0.2) is 0 Å². The van der Waals surface area contributed by atoms with E-state index in [1.165, 1.54) is 0 Å². The van der Waals surface area contributed by atoms with E-state index in [-0.39, 0.29) is 17.8 Å². The minimum absolute atomic E-state index is 0.0475. The van der Waals surface area contributed by atoms with Gasteiger partial charge in [0.1, 0.15) is 0 Å². The Morgan fingerprint density at radius 3 is 2.50 bits per heavy atom. The van der Waals surface area contributed by atoms with Gasteiger partial charge in [-0.05, 0) is 5.41 Å². The molecule has 0 saturated carbocycles. The first kappa shape index (κ1) is 10.3. The van der Waals surface area contributed by atoms with Gasteiger partial charge in [0.05, 0.1) is 18.6 Å². The van der Waals surface area contributed by atoms with Crippen LogP contribution in [0.5, 0.6) is 0 Å². The van der Waals surface area contributed by atoms with E-state index in [0.29, 0.717) is 12.5 Å². The smallest absolute Gasteiger partial charge is 0.158 e. The minimum Gasteiger partial charge on any atom is -0.350 e. The van der Waals surface area contributed by atoms with Crippen LogP contribution >= 0.6 is 11.6 Å². The third kappa shape index (κ3) is 3.30. The maximum absolute atomic E-state index is 5.64. The van der Waals surface area contributed by atoms with Gasteiger partial charge in [-0.2, -0.15) is 0 Å². The molecule has 0 spiro atoms. The normalized spacial score (nSPS) is 31.0. The summed E-state index contributed by atoms with van der Waals surface area (Å²) in [6.07, 6.45) is 0.980. The van der Waals surface area contributed by atoms with E-state index in [4.69, 9.17) is 21.1 Å². The second kappa shape index (κ2) is 3.95. The van der Waals surface area contributed by atoms with Crippen LogP contribution in [-0.2, 0) is 9.47 Å². The van der Waals surface area contributed by atoms with Crippen LogP contribution in [-0.4, -0.2) is 24.9 Å². The van der Waals surface area contributed by atoms with Crippen LogP contribution in [0.25, 0.3) is 0 Å². The number of alkyl halides is 1. The van der Waals surface area contributed by atoms with Gasteiger partial charge in [0, 0.05) is 6.42 Å². The van der Waals surface area contributed by atoms with Gasteiger partial charge in [0.2, 0.25) is 0 Å². The zero-order valence-electron chi connectivity index (χ0n) is 7.97. The summed E-state index contributed by atoms with van der Waals surface area (Å²) >= 11 is 5.64. The molecular formula is C9H17ClO2. The molecule has 0 bridgehead atoms. The molecule has 12 heavy (non-hydrogen) atoms. The number of halogens is 1. The van der Waals surface area contributed by atoms with E-state index in [1.807, 2.05) is 0 Å². The van der Waals surface area contributed by atoms with Gasteiger partial charge in [0.15, 0.2) is 6.29 Å². The van der Waals surface area contributed by atoms with E-state index in [2.05, 4.69) is 20.8 Å². The number of ether oxygens (including phenoxy) is 2. The van der Waals surface area contributed by atoms with Gasteiger partial charge in [0.25, 0.3) is 0 Å². The molecule has 1 fully saturated rings. The average Bonchev–Trinajstić information content (AvgIpc) is 2.32. The van der Waals surface area contributed by atoms with Gasteiger partial charge < -0.3 is 9.47 Å². The Morgan fingerprint density at radius 2 is 2.08 bits per heavy atom. The van der Waals surface area contributed by atoms with Crippen molar-refractivity contribution in [3.8, 4) is 0 Å². The van der Waals surface area contributed by atoms with Crippen molar-refractivity contribution < 1.29 is 9.47 Å². The van der Waals surface area contributed by atoms with Crippen molar-refractivity contribution in [2.45, 2.75) is 39.6 Å². The fraction of sp³-hybridized carbons (Fsp3) is 1.00. The van der Waals surface area contributed by atoms with Crippen LogP contribution in [0, 0.1) is 5.41 Å². The lowest BCUT2D eigenvalue weighted by atomic mass is 9.92. The SMILES string of the molecule is CC(C)(C)CC1OCC(CCl)O1. The summed E-state index contributed by atoms with van der Waals surface area (Å²) < 4.78 is 11.0. The van der Waals surface area contributed by atoms with E-state index in [9.17, 15) is 0 Å². The fourth-order valence-electron chi connectivity index (χ4n) is 1.20. The Morgan fingerprint density at radius 1 is 1.42 bits per heavy atom. The Hall–Kier alpha value is 0.210. The number of hydrogen-bond acceptors (Lipinski definition) is 2. The largest absolute Gasteiger partial charge is 0.350 e. The Kier molecular flexibility index (Phi) is 3.38. The summed E-state index contributed by atoms with van der Waals surface area (Å²) in [5.74, 6) is 0.528. The quantitative estimate of drug-likeness (QED) is 0.626. The van der Waals surface area contributed by atoms with Crippen LogP contribution in [0.3, 0.4) is 0 Å². The highest BCUT2D eigenvalue weighted by atomic mass is 35.5. The van der Waals surface area contributed by atoms with Crippen molar-refractivity contribution in [1.82, 2.24) is 0 Å². The van der Waals surface area contributed by atoms with Crippen molar-refractivity contribution in [2.75, 3.05) is 12.5 Å². The monoisotopic (exact) mass is 192 g/mol. The summed E-state index contributed by atoms with van der Waals surface area (Å²) in [6.45, 7) is 7.17. The zero-order chi connectivity index (χ0) is 9.19. The predicted molar refractivity (Wildman–Crippen MR) is 49.4 cm³/mol. The molecule has 2 unspecified atom stereocenters. The average molecular weight is 193 g/mol. The Labute approximate surface area is 79.2 Å². The van der Waals surface area contributed by atoms with E-state index in [1.54, 1.807) is 0 Å². The molecule has 3 heteroatoms. The van der Waals surface area contributed by atoms with E-state index in [0.717, 1.165) is 6.42 Å². The Balaban J connectivity index is 2.28. The lowest BCUT2D eigenvalue weighted by Gasteiger charge is -2.21. The zero-order valence-corrected chi connectivity index (χ0v) is 8.73. The molecule has 0 N–H and O–H groups in total. The lowest BCUT2D eigenvalue weighted by molar-refractivity contribution is -0.0762. The first-order chi connectivity index (χ1) is 5.51. The van der Waals surface area contributed by atoms with Gasteiger partial charge in [-0.1, -0.05) is 20.8 Å². The van der Waals surface area contributed by atoms with Gasteiger partial charge in [-0.15, -0.1) is 11.6 Å². The van der Waals surface area contributed by atoms with Crippen molar-refractivity contribution in [1.29, 1.82) is 0 Å². The second-order valence-corrected chi connectivity index (χ2v) is 4.75. The molecule has 1 aliphatic rings. The molecule has 1 rings (SSSR count). The van der Waals surface area contributed by atoms with Crippen LogP contribution in [0.1, 0.15) is 27.2 Å². The molecule has 0 amide bonds. The van der Waals surface area contributed by atoms with Crippen LogP contribution in [0.4, 0.5) is 0 Å². The second-order valence-electron chi connectivity index (χ2n) is 4.44. The summed E-state index contributed by atoms with van der Waals surface area (Å²) in [5, 5.41) is 0. The molecule has 1 aliphatic heterocycles. The summed E-state index contributed by atoms with van der Waals surface area (Å²) in [7, 11) is 0. The molecule has 0 radical (unpaired) electrons. The maximum Gasteiger partial charge on any atom is 0.158 e. The first-order valence-electron chi connectivity index (χ1n) is 4.34. The highest BCUT2D eigenvalue weighted by Crippen LogP contribution is 2.26. The summed E-state index contributed by atoms with van der Waals surface area (Å²) in [6, 6.07) is 0. The van der Waals surface area contributed by atoms with Gasteiger partial charge >= 0.3 is 0 Å². The van der Waals surface area contributed by atoms with Crippen LogP contribution < -0.4 is 0 Å². The molecule has 0 aliphatic carbocycles. The molecule has 0 aromatic rings. The third-order valence-corrected chi connectivity index (χ3v) is 2.11. The molecular weight excluding hydrogens is 176 g/mol. The van der Waals surface area contributed by atoms with Crippen LogP contribution in [0.2, 0.25) is 0 Å². The number of hydrogen-bond donors (Lipinski definition) is 0. The van der Waals surface area contributed by atoms with Crippen molar-refractivity contribution in [3.63, 3.8) is 0 Å². The molecule has 0 aromatic carbocycles.